The molecule has 8 heteroatoms. The number of para-hydroxylation sites is 1. The zero-order chi connectivity index (χ0) is 18.4. The number of rotatable bonds is 5. The Bertz CT molecular complexity index is 773. The van der Waals surface area contributed by atoms with Crippen LogP contribution in [0.3, 0.4) is 0 Å². The van der Waals surface area contributed by atoms with Crippen molar-refractivity contribution in [2.75, 3.05) is 31.0 Å². The molecule has 1 aliphatic rings. The number of anilines is 3. The highest BCUT2D eigenvalue weighted by Gasteiger charge is 2.22. The monoisotopic (exact) mass is 356 g/mol. The Morgan fingerprint density at radius 1 is 1.08 bits per heavy atom. The molecule has 2 N–H and O–H groups in total. The third-order valence-electron chi connectivity index (χ3n) is 4.10. The number of aromatic nitrogens is 2. The summed E-state index contributed by atoms with van der Waals surface area (Å²) in [5.41, 5.74) is 0.960. The maximum atomic E-state index is 12.2. The van der Waals surface area contributed by atoms with Crippen molar-refractivity contribution < 1.29 is 19.1 Å². The summed E-state index contributed by atoms with van der Waals surface area (Å²) in [7, 11) is 1.33. The summed E-state index contributed by atoms with van der Waals surface area (Å²) in [6.07, 6.45) is 1.42. The van der Waals surface area contributed by atoms with E-state index in [9.17, 15) is 9.59 Å². The van der Waals surface area contributed by atoms with Crippen LogP contribution in [0.2, 0.25) is 0 Å². The molecule has 1 aromatic heterocycles. The maximum Gasteiger partial charge on any atom is 0.339 e. The maximum absolute atomic E-state index is 12.2. The molecule has 0 unspecified atom stereocenters. The molecule has 0 radical (unpaired) electrons. The molecular formula is C18H20N4O4. The minimum atomic E-state index is -0.443. The SMILES string of the molecule is COC(=O)c1ccccc1Nc1ccc(NC(=O)C2CCOCC2)nn1. The topological polar surface area (TPSA) is 102 Å². The summed E-state index contributed by atoms with van der Waals surface area (Å²) >= 11 is 0. The van der Waals surface area contributed by atoms with E-state index in [0.29, 0.717) is 48.9 Å². The highest BCUT2D eigenvalue weighted by Crippen LogP contribution is 2.21. The van der Waals surface area contributed by atoms with Gasteiger partial charge in [-0.05, 0) is 37.1 Å². The van der Waals surface area contributed by atoms with Crippen molar-refractivity contribution in [3.8, 4) is 0 Å². The number of carbonyl (C=O) groups excluding carboxylic acids is 2. The molecule has 1 fully saturated rings. The van der Waals surface area contributed by atoms with Crippen molar-refractivity contribution in [3.63, 3.8) is 0 Å². The van der Waals surface area contributed by atoms with Crippen LogP contribution < -0.4 is 10.6 Å². The Labute approximate surface area is 150 Å². The number of nitrogens with one attached hydrogen (secondary N) is 2. The molecule has 0 bridgehead atoms. The zero-order valence-electron chi connectivity index (χ0n) is 14.4. The lowest BCUT2D eigenvalue weighted by atomic mass is 9.99. The number of nitrogens with zero attached hydrogens (tertiary/aromatic N) is 2. The van der Waals surface area contributed by atoms with Gasteiger partial charge < -0.3 is 20.1 Å². The van der Waals surface area contributed by atoms with Crippen molar-refractivity contribution >= 4 is 29.2 Å². The van der Waals surface area contributed by atoms with Gasteiger partial charge in [-0.2, -0.15) is 0 Å². The molecule has 2 heterocycles. The summed E-state index contributed by atoms with van der Waals surface area (Å²) in [5.74, 6) is 0.259. The van der Waals surface area contributed by atoms with Crippen LogP contribution >= 0.6 is 0 Å². The standard InChI is InChI=1S/C18H20N4O4/c1-25-18(24)13-4-2-3-5-14(13)19-15-6-7-16(22-21-15)20-17(23)12-8-10-26-11-9-12/h2-7,12H,8-11H2,1H3,(H,19,21)(H,20,22,23). The zero-order valence-corrected chi connectivity index (χ0v) is 14.4. The Balaban J connectivity index is 1.65. The predicted molar refractivity (Wildman–Crippen MR) is 95.3 cm³/mol. The molecule has 3 rings (SSSR count). The first kappa shape index (κ1) is 17.8. The van der Waals surface area contributed by atoms with Gasteiger partial charge in [-0.1, -0.05) is 12.1 Å². The van der Waals surface area contributed by atoms with E-state index in [4.69, 9.17) is 9.47 Å². The molecule has 8 nitrogen and oxygen atoms in total. The second kappa shape index (κ2) is 8.39. The first-order chi connectivity index (χ1) is 12.7. The second-order valence-corrected chi connectivity index (χ2v) is 5.84. The number of hydrogen-bond donors (Lipinski definition) is 2. The molecule has 0 spiro atoms. The van der Waals surface area contributed by atoms with Gasteiger partial charge in [0, 0.05) is 19.1 Å². The fourth-order valence-electron chi connectivity index (χ4n) is 2.67. The van der Waals surface area contributed by atoms with Gasteiger partial charge in [0.2, 0.25) is 5.91 Å². The number of carbonyl (C=O) groups is 2. The molecule has 0 saturated carbocycles. The van der Waals surface area contributed by atoms with E-state index in [0.717, 1.165) is 0 Å². The van der Waals surface area contributed by atoms with E-state index >= 15 is 0 Å². The van der Waals surface area contributed by atoms with Crippen LogP contribution in [0.25, 0.3) is 0 Å². The average molecular weight is 356 g/mol. The largest absolute Gasteiger partial charge is 0.465 e. The van der Waals surface area contributed by atoms with Crippen molar-refractivity contribution in [2.45, 2.75) is 12.8 Å². The van der Waals surface area contributed by atoms with Gasteiger partial charge in [0.05, 0.1) is 18.4 Å². The first-order valence-electron chi connectivity index (χ1n) is 8.34. The normalized spacial score (nSPS) is 14.5. The van der Waals surface area contributed by atoms with Crippen LogP contribution in [0.15, 0.2) is 36.4 Å². The molecular weight excluding hydrogens is 336 g/mol. The summed E-state index contributed by atoms with van der Waals surface area (Å²) < 4.78 is 10.0. The second-order valence-electron chi connectivity index (χ2n) is 5.84. The average Bonchev–Trinajstić information content (AvgIpc) is 2.70. The number of methoxy groups -OCH3 is 1. The Kier molecular flexibility index (Phi) is 5.75. The predicted octanol–water partition coefficient (Wildman–Crippen LogP) is 2.37. The number of ether oxygens (including phenoxy) is 2. The first-order valence-corrected chi connectivity index (χ1v) is 8.34. The highest BCUT2D eigenvalue weighted by atomic mass is 16.5. The minimum Gasteiger partial charge on any atom is -0.465 e. The number of benzene rings is 1. The van der Waals surface area contributed by atoms with Crippen molar-refractivity contribution in [1.82, 2.24) is 10.2 Å². The van der Waals surface area contributed by atoms with Crippen LogP contribution in [-0.2, 0) is 14.3 Å². The third-order valence-corrected chi connectivity index (χ3v) is 4.10. The fourth-order valence-corrected chi connectivity index (χ4v) is 2.67. The van der Waals surface area contributed by atoms with Crippen molar-refractivity contribution in [3.05, 3.63) is 42.0 Å². The van der Waals surface area contributed by atoms with Gasteiger partial charge in [0.25, 0.3) is 0 Å². The summed E-state index contributed by atoms with van der Waals surface area (Å²) in [6, 6.07) is 10.3. The quantitative estimate of drug-likeness (QED) is 0.793. The van der Waals surface area contributed by atoms with Gasteiger partial charge in [0.1, 0.15) is 0 Å². The van der Waals surface area contributed by atoms with Crippen LogP contribution in [0.4, 0.5) is 17.3 Å². The molecule has 136 valence electrons. The lowest BCUT2D eigenvalue weighted by molar-refractivity contribution is -0.122. The number of hydrogen-bond acceptors (Lipinski definition) is 7. The van der Waals surface area contributed by atoms with E-state index in [1.54, 1.807) is 36.4 Å². The fraction of sp³-hybridized carbons (Fsp3) is 0.333. The summed E-state index contributed by atoms with van der Waals surface area (Å²) in [5, 5.41) is 13.9. The minimum absolute atomic E-state index is 0.0599. The van der Waals surface area contributed by atoms with Crippen LogP contribution in [-0.4, -0.2) is 42.4 Å². The molecule has 0 aliphatic carbocycles. The third kappa shape index (κ3) is 4.34. The van der Waals surface area contributed by atoms with Gasteiger partial charge in [0.15, 0.2) is 11.6 Å². The smallest absolute Gasteiger partial charge is 0.339 e. The summed E-state index contributed by atoms with van der Waals surface area (Å²) in [4.78, 5) is 24.0. The van der Waals surface area contributed by atoms with Gasteiger partial charge in [-0.25, -0.2) is 4.79 Å². The van der Waals surface area contributed by atoms with Crippen LogP contribution in [0.1, 0.15) is 23.2 Å². The Hall–Kier alpha value is -3.00. The molecule has 26 heavy (non-hydrogen) atoms. The molecule has 1 saturated heterocycles. The highest BCUT2D eigenvalue weighted by molar-refractivity contribution is 5.96. The Morgan fingerprint density at radius 2 is 1.77 bits per heavy atom. The molecule has 1 aliphatic heterocycles. The van der Waals surface area contributed by atoms with Crippen molar-refractivity contribution in [2.24, 2.45) is 5.92 Å². The van der Waals surface area contributed by atoms with E-state index in [1.165, 1.54) is 7.11 Å². The molecule has 1 aromatic carbocycles. The van der Waals surface area contributed by atoms with E-state index in [2.05, 4.69) is 20.8 Å². The van der Waals surface area contributed by atoms with E-state index < -0.39 is 5.97 Å². The van der Waals surface area contributed by atoms with Gasteiger partial charge >= 0.3 is 5.97 Å². The van der Waals surface area contributed by atoms with Crippen LogP contribution in [0.5, 0.6) is 0 Å². The van der Waals surface area contributed by atoms with E-state index in [-0.39, 0.29) is 11.8 Å². The van der Waals surface area contributed by atoms with Crippen LogP contribution in [0, 0.1) is 5.92 Å². The Morgan fingerprint density at radius 3 is 2.46 bits per heavy atom. The summed E-state index contributed by atoms with van der Waals surface area (Å²) in [6.45, 7) is 1.21. The van der Waals surface area contributed by atoms with Gasteiger partial charge in [-0.15, -0.1) is 10.2 Å². The number of esters is 1. The number of amides is 1. The molecule has 0 atom stereocenters. The lowest BCUT2D eigenvalue weighted by Crippen LogP contribution is -2.28. The van der Waals surface area contributed by atoms with Gasteiger partial charge in [-0.3, -0.25) is 4.79 Å². The molecule has 1 amide bonds. The lowest BCUT2D eigenvalue weighted by Gasteiger charge is -2.20. The van der Waals surface area contributed by atoms with Crippen molar-refractivity contribution in [1.29, 1.82) is 0 Å². The molecule has 2 aromatic rings. The van der Waals surface area contributed by atoms with E-state index in [1.807, 2.05) is 0 Å².